The largest absolute Gasteiger partial charge is 0.495 e. The molecular weight excluding hydrogens is 412 g/mol. The Morgan fingerprint density at radius 1 is 1.03 bits per heavy atom. The first-order chi connectivity index (χ1) is 14.8. The van der Waals surface area contributed by atoms with Crippen molar-refractivity contribution < 1.29 is 17.9 Å². The summed E-state index contributed by atoms with van der Waals surface area (Å²) >= 11 is 0. The lowest BCUT2D eigenvalue weighted by molar-refractivity contribution is 0.0734. The molecular formula is C24H30N2O4S. The average molecular weight is 443 g/mol. The van der Waals surface area contributed by atoms with Crippen LogP contribution in [-0.2, 0) is 23.0 Å². The van der Waals surface area contributed by atoms with E-state index < -0.39 is 10.0 Å². The van der Waals surface area contributed by atoms with Crippen molar-refractivity contribution in [2.24, 2.45) is 11.8 Å². The Hall–Kier alpha value is -2.38. The smallest absolute Gasteiger partial charge is 0.254 e. The number of fused-ring (bicyclic) bond motifs is 1. The van der Waals surface area contributed by atoms with Gasteiger partial charge in [0.25, 0.3) is 5.91 Å². The summed E-state index contributed by atoms with van der Waals surface area (Å²) in [6.45, 7) is 6.26. The van der Waals surface area contributed by atoms with E-state index in [0.29, 0.717) is 43.6 Å². The van der Waals surface area contributed by atoms with Crippen molar-refractivity contribution in [3.63, 3.8) is 0 Å². The Bertz CT molecular complexity index is 1070. The molecule has 0 radical (unpaired) electrons. The van der Waals surface area contributed by atoms with Gasteiger partial charge in [0.1, 0.15) is 10.6 Å². The van der Waals surface area contributed by atoms with Crippen molar-refractivity contribution >= 4 is 15.9 Å². The Morgan fingerprint density at radius 3 is 2.39 bits per heavy atom. The lowest BCUT2D eigenvalue weighted by atomic mass is 9.94. The maximum absolute atomic E-state index is 13.5. The van der Waals surface area contributed by atoms with Crippen LogP contribution >= 0.6 is 0 Å². The Kier molecular flexibility index (Phi) is 6.08. The molecule has 0 saturated carbocycles. The third-order valence-electron chi connectivity index (χ3n) is 6.28. The predicted molar refractivity (Wildman–Crippen MR) is 120 cm³/mol. The molecule has 0 bridgehead atoms. The van der Waals surface area contributed by atoms with Gasteiger partial charge < -0.3 is 9.64 Å². The van der Waals surface area contributed by atoms with Crippen molar-refractivity contribution in [2.75, 3.05) is 26.7 Å². The summed E-state index contributed by atoms with van der Waals surface area (Å²) in [5.41, 5.74) is 2.77. The molecule has 2 aliphatic rings. The Labute approximate surface area is 184 Å². The highest BCUT2D eigenvalue weighted by Gasteiger charge is 2.34. The van der Waals surface area contributed by atoms with Gasteiger partial charge in [0.2, 0.25) is 10.0 Å². The lowest BCUT2D eigenvalue weighted by Gasteiger charge is -2.34. The van der Waals surface area contributed by atoms with E-state index in [4.69, 9.17) is 4.74 Å². The van der Waals surface area contributed by atoms with Crippen molar-refractivity contribution in [3.05, 3.63) is 59.2 Å². The summed E-state index contributed by atoms with van der Waals surface area (Å²) in [7, 11) is -2.31. The minimum atomic E-state index is -3.77. The monoisotopic (exact) mass is 442 g/mol. The fourth-order valence-corrected chi connectivity index (χ4v) is 6.67. The first-order valence-electron chi connectivity index (χ1n) is 10.8. The molecule has 0 N–H and O–H groups in total. The van der Waals surface area contributed by atoms with Crippen molar-refractivity contribution in [3.8, 4) is 5.75 Å². The van der Waals surface area contributed by atoms with Gasteiger partial charge in [0, 0.05) is 31.7 Å². The molecule has 7 heteroatoms. The summed E-state index contributed by atoms with van der Waals surface area (Å²) < 4.78 is 33.9. The zero-order chi connectivity index (χ0) is 22.2. The molecule has 2 aromatic rings. The van der Waals surface area contributed by atoms with E-state index >= 15 is 0 Å². The molecule has 1 amide bonds. The third kappa shape index (κ3) is 4.34. The summed E-state index contributed by atoms with van der Waals surface area (Å²) in [6.07, 6.45) is 1.81. The molecule has 4 rings (SSSR count). The second-order valence-electron chi connectivity index (χ2n) is 8.88. The number of methoxy groups -OCH3 is 1. The van der Waals surface area contributed by atoms with E-state index in [2.05, 4.69) is 19.9 Å². The number of ether oxygens (including phenoxy) is 1. The van der Waals surface area contributed by atoms with Crippen LogP contribution in [-0.4, -0.2) is 50.3 Å². The second-order valence-corrected chi connectivity index (χ2v) is 10.8. The molecule has 1 fully saturated rings. The van der Waals surface area contributed by atoms with Crippen LogP contribution in [0.2, 0.25) is 0 Å². The molecule has 0 spiro atoms. The number of rotatable bonds is 4. The molecule has 6 nitrogen and oxygen atoms in total. The van der Waals surface area contributed by atoms with Crippen molar-refractivity contribution in [1.29, 1.82) is 0 Å². The number of carbonyl (C=O) groups is 1. The van der Waals surface area contributed by atoms with Crippen LogP contribution in [0.1, 0.15) is 41.8 Å². The van der Waals surface area contributed by atoms with Gasteiger partial charge in [0.15, 0.2) is 0 Å². The van der Waals surface area contributed by atoms with Crippen molar-refractivity contribution in [2.45, 2.75) is 38.1 Å². The number of benzene rings is 2. The van der Waals surface area contributed by atoms with Crippen LogP contribution in [0, 0.1) is 11.8 Å². The fraction of sp³-hybridized carbons (Fsp3) is 0.458. The highest BCUT2D eigenvalue weighted by molar-refractivity contribution is 7.89. The molecule has 2 heterocycles. The Morgan fingerprint density at radius 2 is 1.71 bits per heavy atom. The lowest BCUT2D eigenvalue weighted by Crippen LogP contribution is -2.42. The van der Waals surface area contributed by atoms with Gasteiger partial charge in [-0.15, -0.1) is 0 Å². The molecule has 1 saturated heterocycles. The molecule has 0 aliphatic carbocycles. The van der Waals surface area contributed by atoms with E-state index in [0.717, 1.165) is 18.4 Å². The van der Waals surface area contributed by atoms with Gasteiger partial charge in [-0.1, -0.05) is 38.1 Å². The van der Waals surface area contributed by atoms with Crippen LogP contribution in [0.25, 0.3) is 0 Å². The standard InChI is InChI=1S/C24H30N2O4S/c1-17-12-18(2)15-26(14-17)31(28,29)23-13-20(8-9-22(23)30-3)24(27)25-11-10-19-6-4-5-7-21(19)16-25/h4-9,13,17-18H,10-12,14-16H2,1-3H3/t17-,18+. The third-order valence-corrected chi connectivity index (χ3v) is 8.13. The van der Waals surface area contributed by atoms with Gasteiger partial charge in [-0.05, 0) is 54.0 Å². The van der Waals surface area contributed by atoms with Crippen molar-refractivity contribution in [1.82, 2.24) is 9.21 Å². The number of amides is 1. The summed E-state index contributed by atoms with van der Waals surface area (Å²) in [5, 5.41) is 0. The van der Waals surface area contributed by atoms with Gasteiger partial charge in [-0.3, -0.25) is 4.79 Å². The molecule has 2 aromatic carbocycles. The highest BCUT2D eigenvalue weighted by Crippen LogP contribution is 2.32. The zero-order valence-corrected chi connectivity index (χ0v) is 19.2. The van der Waals surface area contributed by atoms with E-state index in [9.17, 15) is 13.2 Å². The summed E-state index contributed by atoms with van der Waals surface area (Å²) in [5.74, 6) is 0.700. The van der Waals surface area contributed by atoms with Gasteiger partial charge >= 0.3 is 0 Å². The predicted octanol–water partition coefficient (Wildman–Crippen LogP) is 3.56. The SMILES string of the molecule is COc1ccc(C(=O)N2CCc3ccccc3C2)cc1S(=O)(=O)N1C[C@H](C)C[C@H](C)C1. The molecule has 2 aliphatic heterocycles. The molecule has 0 unspecified atom stereocenters. The summed E-state index contributed by atoms with van der Waals surface area (Å²) in [6, 6.07) is 12.9. The normalized spacial score (nSPS) is 22.1. The quantitative estimate of drug-likeness (QED) is 0.726. The number of hydrogen-bond acceptors (Lipinski definition) is 4. The van der Waals surface area contributed by atoms with E-state index in [1.54, 1.807) is 17.0 Å². The van der Waals surface area contributed by atoms with Gasteiger partial charge in [0.05, 0.1) is 7.11 Å². The van der Waals surface area contributed by atoms with E-state index in [1.807, 2.05) is 18.2 Å². The number of hydrogen-bond donors (Lipinski definition) is 0. The zero-order valence-electron chi connectivity index (χ0n) is 18.4. The number of nitrogens with zero attached hydrogens (tertiary/aromatic N) is 2. The number of carbonyl (C=O) groups excluding carboxylic acids is 1. The minimum absolute atomic E-state index is 0.0690. The van der Waals surface area contributed by atoms with Crippen LogP contribution in [0.4, 0.5) is 0 Å². The number of sulfonamides is 1. The van der Waals surface area contributed by atoms with E-state index in [-0.39, 0.29) is 16.6 Å². The van der Waals surface area contributed by atoms with Gasteiger partial charge in [-0.2, -0.15) is 4.31 Å². The maximum atomic E-state index is 13.5. The molecule has 0 aromatic heterocycles. The Balaban J connectivity index is 1.64. The second kappa shape index (κ2) is 8.63. The van der Waals surface area contributed by atoms with Crippen LogP contribution < -0.4 is 4.74 Å². The van der Waals surface area contributed by atoms with Gasteiger partial charge in [-0.25, -0.2) is 8.42 Å². The highest BCUT2D eigenvalue weighted by atomic mass is 32.2. The first-order valence-corrected chi connectivity index (χ1v) is 12.3. The first kappa shape index (κ1) is 21.8. The van der Waals surface area contributed by atoms with Crippen LogP contribution in [0.15, 0.2) is 47.4 Å². The fourth-order valence-electron chi connectivity index (χ4n) is 4.80. The number of piperidine rings is 1. The summed E-state index contributed by atoms with van der Waals surface area (Å²) in [4.78, 5) is 15.1. The topological polar surface area (TPSA) is 66.9 Å². The van der Waals surface area contributed by atoms with Crippen LogP contribution in [0.5, 0.6) is 5.75 Å². The minimum Gasteiger partial charge on any atom is -0.495 e. The molecule has 2 atom stereocenters. The maximum Gasteiger partial charge on any atom is 0.254 e. The van der Waals surface area contributed by atoms with Crippen LogP contribution in [0.3, 0.4) is 0 Å². The molecule has 31 heavy (non-hydrogen) atoms. The molecule has 166 valence electrons. The average Bonchev–Trinajstić information content (AvgIpc) is 2.77. The van der Waals surface area contributed by atoms with E-state index in [1.165, 1.54) is 23.0 Å².